The second-order valence-corrected chi connectivity index (χ2v) is 7.75. The van der Waals surface area contributed by atoms with Crippen LogP contribution in [0.25, 0.3) is 0 Å². The standard InChI is InChI=1S/C22H25F3N2O3/c1-3-5-14-10-19(17-11-15(22(23,24)25)8-9-16(14)17)27(13(2)12-28)21(30)18-6-4-7-20(29)26-18/h4,6-9,11,13-14,19,28H,3,5,10,12H2,1-2H3,(H,26,29). The number of benzene rings is 1. The molecular formula is C22H25F3N2O3. The first kappa shape index (κ1) is 22.1. The highest BCUT2D eigenvalue weighted by molar-refractivity contribution is 5.93. The maximum Gasteiger partial charge on any atom is 0.416 e. The van der Waals surface area contributed by atoms with E-state index in [1.807, 2.05) is 6.92 Å². The van der Waals surface area contributed by atoms with Gasteiger partial charge in [-0.1, -0.05) is 25.5 Å². The summed E-state index contributed by atoms with van der Waals surface area (Å²) in [5.41, 5.74) is 0.0814. The Bertz CT molecular complexity index is 971. The molecule has 1 aliphatic carbocycles. The van der Waals surface area contributed by atoms with Crippen LogP contribution in [0.15, 0.2) is 41.2 Å². The number of aliphatic hydroxyl groups excluding tert-OH is 1. The Morgan fingerprint density at radius 1 is 1.27 bits per heavy atom. The molecule has 3 atom stereocenters. The molecule has 0 bridgehead atoms. The van der Waals surface area contributed by atoms with Gasteiger partial charge in [-0.05, 0) is 55.0 Å². The van der Waals surface area contributed by atoms with Crippen molar-refractivity contribution >= 4 is 5.91 Å². The lowest BCUT2D eigenvalue weighted by atomic mass is 9.96. The van der Waals surface area contributed by atoms with Gasteiger partial charge in [-0.25, -0.2) is 0 Å². The molecule has 162 valence electrons. The van der Waals surface area contributed by atoms with E-state index in [-0.39, 0.29) is 18.2 Å². The summed E-state index contributed by atoms with van der Waals surface area (Å²) in [6.07, 6.45) is -2.39. The van der Waals surface area contributed by atoms with Crippen molar-refractivity contribution < 1.29 is 23.1 Å². The van der Waals surface area contributed by atoms with Crippen molar-refractivity contribution in [3.8, 4) is 0 Å². The maximum atomic E-state index is 13.4. The number of fused-ring (bicyclic) bond motifs is 1. The molecule has 8 heteroatoms. The van der Waals surface area contributed by atoms with Crippen LogP contribution in [0.2, 0.25) is 0 Å². The van der Waals surface area contributed by atoms with Crippen LogP contribution in [0.3, 0.4) is 0 Å². The SMILES string of the molecule is CCCC1CC(N(C(=O)c2cccc(=O)[nH]2)C(C)CO)c2cc(C(F)(F)F)ccc21. The Morgan fingerprint density at radius 3 is 2.60 bits per heavy atom. The van der Waals surface area contributed by atoms with Crippen molar-refractivity contribution in [1.82, 2.24) is 9.88 Å². The van der Waals surface area contributed by atoms with Gasteiger partial charge in [0.05, 0.1) is 24.3 Å². The molecule has 0 saturated carbocycles. The van der Waals surface area contributed by atoms with Crippen LogP contribution < -0.4 is 5.56 Å². The number of hydrogen-bond donors (Lipinski definition) is 2. The molecular weight excluding hydrogens is 397 g/mol. The Kier molecular flexibility index (Phi) is 6.36. The number of aromatic amines is 1. The monoisotopic (exact) mass is 422 g/mol. The third kappa shape index (κ3) is 4.28. The van der Waals surface area contributed by atoms with Crippen molar-refractivity contribution in [2.24, 2.45) is 0 Å². The number of pyridine rings is 1. The van der Waals surface area contributed by atoms with E-state index in [0.29, 0.717) is 12.0 Å². The van der Waals surface area contributed by atoms with E-state index >= 15 is 0 Å². The summed E-state index contributed by atoms with van der Waals surface area (Å²) in [5, 5.41) is 9.77. The van der Waals surface area contributed by atoms with Gasteiger partial charge in [-0.15, -0.1) is 0 Å². The molecule has 1 amide bonds. The van der Waals surface area contributed by atoms with Crippen molar-refractivity contribution in [1.29, 1.82) is 0 Å². The smallest absolute Gasteiger partial charge is 0.394 e. The fraction of sp³-hybridized carbons (Fsp3) is 0.455. The second-order valence-electron chi connectivity index (χ2n) is 7.75. The number of nitrogens with one attached hydrogen (secondary N) is 1. The zero-order chi connectivity index (χ0) is 22.1. The van der Waals surface area contributed by atoms with Crippen molar-refractivity contribution in [2.75, 3.05) is 6.61 Å². The zero-order valence-electron chi connectivity index (χ0n) is 16.9. The summed E-state index contributed by atoms with van der Waals surface area (Å²) < 4.78 is 40.1. The Labute approximate surface area is 172 Å². The quantitative estimate of drug-likeness (QED) is 0.731. The van der Waals surface area contributed by atoms with Crippen LogP contribution in [0.1, 0.15) is 72.2 Å². The number of alkyl halides is 3. The van der Waals surface area contributed by atoms with Crippen molar-refractivity contribution in [2.45, 2.75) is 57.3 Å². The average molecular weight is 422 g/mol. The average Bonchev–Trinajstić information content (AvgIpc) is 3.05. The molecule has 3 rings (SSSR count). The summed E-state index contributed by atoms with van der Waals surface area (Å²) in [7, 11) is 0. The van der Waals surface area contributed by atoms with Crippen LogP contribution in [0, 0.1) is 0 Å². The Hall–Kier alpha value is -2.61. The van der Waals surface area contributed by atoms with E-state index in [0.717, 1.165) is 30.5 Å². The summed E-state index contributed by atoms with van der Waals surface area (Å²) in [4.78, 5) is 28.8. The number of hydrogen-bond acceptors (Lipinski definition) is 3. The lowest BCUT2D eigenvalue weighted by Crippen LogP contribution is -2.43. The predicted molar refractivity (Wildman–Crippen MR) is 106 cm³/mol. The topological polar surface area (TPSA) is 73.4 Å². The first-order valence-electron chi connectivity index (χ1n) is 10.0. The van der Waals surface area contributed by atoms with Gasteiger partial charge in [-0.2, -0.15) is 13.2 Å². The number of aliphatic hydroxyl groups is 1. The molecule has 1 heterocycles. The van der Waals surface area contributed by atoms with Gasteiger partial charge >= 0.3 is 6.18 Å². The van der Waals surface area contributed by atoms with E-state index in [4.69, 9.17) is 0 Å². The number of halogens is 3. The van der Waals surface area contributed by atoms with Crippen LogP contribution in [0.5, 0.6) is 0 Å². The van der Waals surface area contributed by atoms with Gasteiger partial charge in [0.1, 0.15) is 5.69 Å². The fourth-order valence-corrected chi connectivity index (χ4v) is 4.27. The first-order valence-corrected chi connectivity index (χ1v) is 10.0. The van der Waals surface area contributed by atoms with Gasteiger partial charge in [0.2, 0.25) is 5.56 Å². The molecule has 30 heavy (non-hydrogen) atoms. The van der Waals surface area contributed by atoms with Crippen LogP contribution in [-0.2, 0) is 6.18 Å². The zero-order valence-corrected chi connectivity index (χ0v) is 16.9. The lowest BCUT2D eigenvalue weighted by molar-refractivity contribution is -0.137. The van der Waals surface area contributed by atoms with Crippen molar-refractivity contribution in [3.05, 3.63) is 69.1 Å². The number of rotatable bonds is 6. The summed E-state index contributed by atoms with van der Waals surface area (Å²) >= 11 is 0. The van der Waals surface area contributed by atoms with Crippen LogP contribution in [0.4, 0.5) is 13.2 Å². The molecule has 0 radical (unpaired) electrons. The summed E-state index contributed by atoms with van der Waals surface area (Å²) in [6, 6.07) is 6.60. The fourth-order valence-electron chi connectivity index (χ4n) is 4.27. The summed E-state index contributed by atoms with van der Waals surface area (Å²) in [5.74, 6) is -0.506. The highest BCUT2D eigenvalue weighted by Crippen LogP contribution is 2.48. The highest BCUT2D eigenvalue weighted by Gasteiger charge is 2.41. The van der Waals surface area contributed by atoms with Crippen LogP contribution >= 0.6 is 0 Å². The highest BCUT2D eigenvalue weighted by atomic mass is 19.4. The minimum atomic E-state index is -4.50. The number of carbonyl (C=O) groups is 1. The van der Waals surface area contributed by atoms with Crippen LogP contribution in [-0.4, -0.2) is 33.5 Å². The maximum absolute atomic E-state index is 13.4. The largest absolute Gasteiger partial charge is 0.416 e. The second kappa shape index (κ2) is 8.63. The van der Waals surface area contributed by atoms with Gasteiger partial charge in [-0.3, -0.25) is 9.59 Å². The molecule has 0 fully saturated rings. The summed E-state index contributed by atoms with van der Waals surface area (Å²) in [6.45, 7) is 3.29. The molecule has 0 saturated heterocycles. The first-order chi connectivity index (χ1) is 14.2. The third-order valence-corrected chi connectivity index (χ3v) is 5.67. The van der Waals surface area contributed by atoms with Gasteiger partial charge in [0, 0.05) is 6.07 Å². The lowest BCUT2D eigenvalue weighted by Gasteiger charge is -2.34. The molecule has 1 aromatic carbocycles. The Morgan fingerprint density at radius 2 is 2.00 bits per heavy atom. The predicted octanol–water partition coefficient (Wildman–Crippen LogP) is 4.25. The minimum absolute atomic E-state index is 0.0216. The van der Waals surface area contributed by atoms with E-state index in [1.54, 1.807) is 6.92 Å². The van der Waals surface area contributed by atoms with Gasteiger partial charge in [0.25, 0.3) is 5.91 Å². The van der Waals surface area contributed by atoms with Gasteiger partial charge < -0.3 is 15.0 Å². The number of carbonyl (C=O) groups excluding carboxylic acids is 1. The molecule has 0 spiro atoms. The Balaban J connectivity index is 2.10. The number of nitrogens with zero attached hydrogens (tertiary/aromatic N) is 1. The molecule has 3 unspecified atom stereocenters. The van der Waals surface area contributed by atoms with E-state index in [2.05, 4.69) is 4.98 Å². The molecule has 2 N–H and O–H groups in total. The normalized spacial score (nSPS) is 19.4. The molecule has 5 nitrogen and oxygen atoms in total. The molecule has 0 aliphatic heterocycles. The number of H-pyrrole nitrogens is 1. The van der Waals surface area contributed by atoms with E-state index < -0.39 is 35.3 Å². The molecule has 1 aromatic heterocycles. The molecule has 2 aromatic rings. The van der Waals surface area contributed by atoms with Crippen molar-refractivity contribution in [3.63, 3.8) is 0 Å². The van der Waals surface area contributed by atoms with E-state index in [1.165, 1.54) is 29.2 Å². The third-order valence-electron chi connectivity index (χ3n) is 5.67. The minimum Gasteiger partial charge on any atom is -0.394 e. The van der Waals surface area contributed by atoms with E-state index in [9.17, 15) is 27.9 Å². The van der Waals surface area contributed by atoms with Gasteiger partial charge in [0.15, 0.2) is 0 Å². The molecule has 1 aliphatic rings. The number of amides is 1. The number of aromatic nitrogens is 1.